The molecule has 2 unspecified atom stereocenters. The fraction of sp³-hybridized carbons (Fsp3) is 1.00. The molecule has 1 saturated carbocycles. The van der Waals surface area contributed by atoms with Crippen molar-refractivity contribution >= 4 is 0 Å². The predicted octanol–water partition coefficient (Wildman–Crippen LogP) is 3.41. The third kappa shape index (κ3) is 5.22. The van der Waals surface area contributed by atoms with Crippen LogP contribution in [0.3, 0.4) is 0 Å². The van der Waals surface area contributed by atoms with Crippen LogP contribution in [0.5, 0.6) is 0 Å². The van der Waals surface area contributed by atoms with E-state index in [4.69, 9.17) is 0 Å². The summed E-state index contributed by atoms with van der Waals surface area (Å²) < 4.78 is 0. The molecule has 0 aliphatic heterocycles. The molecule has 21 heavy (non-hydrogen) atoms. The predicted molar refractivity (Wildman–Crippen MR) is 91.6 cm³/mol. The van der Waals surface area contributed by atoms with Crippen LogP contribution < -0.4 is 5.32 Å². The fourth-order valence-corrected chi connectivity index (χ4v) is 4.09. The summed E-state index contributed by atoms with van der Waals surface area (Å²) in [5, 5.41) is 13.6. The molecule has 1 aliphatic carbocycles. The van der Waals surface area contributed by atoms with E-state index in [1.54, 1.807) is 0 Å². The van der Waals surface area contributed by atoms with E-state index in [1.807, 2.05) is 0 Å². The second kappa shape index (κ2) is 8.50. The number of hydrogen-bond acceptors (Lipinski definition) is 3. The molecule has 126 valence electrons. The highest BCUT2D eigenvalue weighted by atomic mass is 16.3. The van der Waals surface area contributed by atoms with Crippen molar-refractivity contribution in [3.8, 4) is 0 Å². The maximum absolute atomic E-state index is 9.92. The summed E-state index contributed by atoms with van der Waals surface area (Å²) in [5.41, 5.74) is -0.0555. The maximum Gasteiger partial charge on any atom is 0.0614 e. The molecule has 1 fully saturated rings. The van der Waals surface area contributed by atoms with Crippen LogP contribution in [-0.2, 0) is 0 Å². The Morgan fingerprint density at radius 1 is 1.19 bits per heavy atom. The molecule has 0 heterocycles. The van der Waals surface area contributed by atoms with Crippen LogP contribution in [0.15, 0.2) is 0 Å². The van der Waals surface area contributed by atoms with E-state index in [0.29, 0.717) is 24.0 Å². The molecule has 3 nitrogen and oxygen atoms in total. The molecule has 0 saturated heterocycles. The molecule has 1 aliphatic rings. The van der Waals surface area contributed by atoms with Gasteiger partial charge in [0, 0.05) is 30.2 Å². The molecule has 0 bridgehead atoms. The van der Waals surface area contributed by atoms with E-state index in [0.717, 1.165) is 12.8 Å². The minimum atomic E-state index is -0.0555. The molecule has 2 N–H and O–H groups in total. The van der Waals surface area contributed by atoms with Gasteiger partial charge in [-0.15, -0.1) is 0 Å². The third-order valence-electron chi connectivity index (χ3n) is 4.94. The van der Waals surface area contributed by atoms with Gasteiger partial charge in [0.1, 0.15) is 0 Å². The van der Waals surface area contributed by atoms with E-state index >= 15 is 0 Å². The summed E-state index contributed by atoms with van der Waals surface area (Å²) in [7, 11) is 0. The molecule has 3 heteroatoms. The van der Waals surface area contributed by atoms with Crippen molar-refractivity contribution in [2.45, 2.75) is 97.3 Å². The van der Waals surface area contributed by atoms with Gasteiger partial charge in [0.2, 0.25) is 0 Å². The number of aliphatic hydroxyl groups is 1. The van der Waals surface area contributed by atoms with Crippen LogP contribution in [0.1, 0.15) is 73.6 Å². The first-order valence-corrected chi connectivity index (χ1v) is 9.01. The van der Waals surface area contributed by atoms with Crippen molar-refractivity contribution in [3.63, 3.8) is 0 Å². The van der Waals surface area contributed by atoms with Gasteiger partial charge < -0.3 is 10.4 Å². The summed E-state index contributed by atoms with van der Waals surface area (Å²) in [6.45, 7) is 15.0. The van der Waals surface area contributed by atoms with Crippen LogP contribution in [0.25, 0.3) is 0 Å². The number of nitrogens with one attached hydrogen (secondary N) is 1. The Kier molecular flexibility index (Phi) is 7.66. The molecule has 0 radical (unpaired) electrons. The first kappa shape index (κ1) is 18.9. The maximum atomic E-state index is 9.92. The zero-order valence-electron chi connectivity index (χ0n) is 15.2. The summed E-state index contributed by atoms with van der Waals surface area (Å²) in [6.07, 6.45) is 5.85. The largest absolute Gasteiger partial charge is 0.394 e. The number of hydrogen-bond donors (Lipinski definition) is 2. The molecule has 0 amide bonds. The lowest BCUT2D eigenvalue weighted by molar-refractivity contribution is 0.0940. The Labute approximate surface area is 132 Å². The Morgan fingerprint density at radius 2 is 1.81 bits per heavy atom. The van der Waals surface area contributed by atoms with Crippen molar-refractivity contribution in [1.82, 2.24) is 10.2 Å². The summed E-state index contributed by atoms with van der Waals surface area (Å²) in [4.78, 5) is 2.74. The average molecular weight is 299 g/mol. The van der Waals surface area contributed by atoms with Gasteiger partial charge in [0.25, 0.3) is 0 Å². The molecule has 0 spiro atoms. The van der Waals surface area contributed by atoms with E-state index in [2.05, 4.69) is 51.8 Å². The van der Waals surface area contributed by atoms with Gasteiger partial charge in [-0.25, -0.2) is 0 Å². The van der Waals surface area contributed by atoms with Crippen LogP contribution in [0.4, 0.5) is 0 Å². The zero-order valence-corrected chi connectivity index (χ0v) is 15.2. The quantitative estimate of drug-likeness (QED) is 0.685. The van der Waals surface area contributed by atoms with Crippen LogP contribution >= 0.6 is 0 Å². The Bertz CT molecular complexity index is 289. The van der Waals surface area contributed by atoms with Crippen molar-refractivity contribution in [1.29, 1.82) is 0 Å². The SMILES string of the molecule is CCC(CC)N(CC(C)C)C1CCC(CO)(NC(C)C)C1. The van der Waals surface area contributed by atoms with Gasteiger partial charge in [0.05, 0.1) is 6.61 Å². The first-order chi connectivity index (χ1) is 9.87. The van der Waals surface area contributed by atoms with Gasteiger partial charge >= 0.3 is 0 Å². The van der Waals surface area contributed by atoms with E-state index in [1.165, 1.54) is 25.8 Å². The lowest BCUT2D eigenvalue weighted by Crippen LogP contribution is -2.52. The topological polar surface area (TPSA) is 35.5 Å². The molecule has 0 aromatic carbocycles. The van der Waals surface area contributed by atoms with Crippen LogP contribution in [0, 0.1) is 5.92 Å². The monoisotopic (exact) mass is 298 g/mol. The van der Waals surface area contributed by atoms with Gasteiger partial charge in [0.15, 0.2) is 0 Å². The minimum Gasteiger partial charge on any atom is -0.394 e. The van der Waals surface area contributed by atoms with E-state index in [9.17, 15) is 5.11 Å². The van der Waals surface area contributed by atoms with Crippen molar-refractivity contribution in [2.24, 2.45) is 5.92 Å². The fourth-order valence-electron chi connectivity index (χ4n) is 4.09. The first-order valence-electron chi connectivity index (χ1n) is 9.01. The van der Waals surface area contributed by atoms with Crippen LogP contribution in [0.2, 0.25) is 0 Å². The molecule has 0 aromatic rings. The third-order valence-corrected chi connectivity index (χ3v) is 4.94. The summed E-state index contributed by atoms with van der Waals surface area (Å²) >= 11 is 0. The normalized spacial score (nSPS) is 26.7. The Hall–Kier alpha value is -0.120. The Morgan fingerprint density at radius 3 is 2.24 bits per heavy atom. The van der Waals surface area contributed by atoms with Gasteiger partial charge in [-0.3, -0.25) is 4.90 Å². The Balaban J connectivity index is 2.80. The molecule has 2 atom stereocenters. The smallest absolute Gasteiger partial charge is 0.0614 e. The highest BCUT2D eigenvalue weighted by Gasteiger charge is 2.42. The zero-order chi connectivity index (χ0) is 16.0. The number of nitrogens with zero attached hydrogens (tertiary/aromatic N) is 1. The standard InChI is InChI=1S/C18H38N2O/c1-7-16(8-2)20(12-14(3)4)17-9-10-18(11-17,13-21)19-15(5)6/h14-17,19,21H,7-13H2,1-6H3. The molecular weight excluding hydrogens is 260 g/mol. The molecule has 1 rings (SSSR count). The van der Waals surface area contributed by atoms with Gasteiger partial charge in [-0.1, -0.05) is 41.5 Å². The van der Waals surface area contributed by atoms with Crippen molar-refractivity contribution < 1.29 is 5.11 Å². The van der Waals surface area contributed by atoms with Crippen LogP contribution in [-0.4, -0.2) is 46.8 Å². The molecular formula is C18H38N2O. The van der Waals surface area contributed by atoms with Crippen molar-refractivity contribution in [2.75, 3.05) is 13.2 Å². The molecule has 0 aromatic heterocycles. The lowest BCUT2D eigenvalue weighted by atomic mass is 9.96. The van der Waals surface area contributed by atoms with Crippen molar-refractivity contribution in [3.05, 3.63) is 0 Å². The number of rotatable bonds is 9. The van der Waals surface area contributed by atoms with Gasteiger partial charge in [-0.05, 0) is 38.0 Å². The second-order valence-corrected chi connectivity index (χ2v) is 7.70. The second-order valence-electron chi connectivity index (χ2n) is 7.70. The highest BCUT2D eigenvalue weighted by molar-refractivity contribution is 5.01. The lowest BCUT2D eigenvalue weighted by Gasteiger charge is -2.38. The van der Waals surface area contributed by atoms with E-state index in [-0.39, 0.29) is 12.1 Å². The summed E-state index contributed by atoms with van der Waals surface area (Å²) in [5.74, 6) is 0.702. The number of aliphatic hydroxyl groups excluding tert-OH is 1. The van der Waals surface area contributed by atoms with Gasteiger partial charge in [-0.2, -0.15) is 0 Å². The minimum absolute atomic E-state index is 0.0555. The average Bonchev–Trinajstić information content (AvgIpc) is 2.82. The van der Waals surface area contributed by atoms with E-state index < -0.39 is 0 Å². The highest BCUT2D eigenvalue weighted by Crippen LogP contribution is 2.35. The summed E-state index contributed by atoms with van der Waals surface area (Å²) in [6, 6.07) is 1.74.